The van der Waals surface area contributed by atoms with Crippen molar-refractivity contribution in [3.63, 3.8) is 0 Å². The van der Waals surface area contributed by atoms with Gasteiger partial charge in [-0.3, -0.25) is 4.79 Å². The maximum atomic E-state index is 12.6. The summed E-state index contributed by atoms with van der Waals surface area (Å²) in [6, 6.07) is 19.8. The minimum atomic E-state index is -4.01. The van der Waals surface area contributed by atoms with Crippen molar-refractivity contribution in [1.82, 2.24) is 5.43 Å². The summed E-state index contributed by atoms with van der Waals surface area (Å²) in [5.74, 6) is -0.293. The number of hydrogen-bond acceptors (Lipinski definition) is 5. The smallest absolute Gasteiger partial charge is 0.339 e. The molecule has 3 aromatic rings. The lowest BCUT2D eigenvalue weighted by Gasteiger charge is -2.10. The van der Waals surface area contributed by atoms with E-state index in [9.17, 15) is 13.2 Å². The minimum Gasteiger partial charge on any atom is -0.378 e. The van der Waals surface area contributed by atoms with Crippen molar-refractivity contribution in [2.45, 2.75) is 11.8 Å². The Balaban J connectivity index is 1.80. The van der Waals surface area contributed by atoms with Crippen LogP contribution in [0.25, 0.3) is 0 Å². The first kappa shape index (κ1) is 20.8. The largest absolute Gasteiger partial charge is 0.378 e. The first-order valence-corrected chi connectivity index (χ1v) is 10.7. The molecule has 0 atom stereocenters. The summed E-state index contributed by atoms with van der Waals surface area (Å²) < 4.78 is 31.1. The molecule has 3 rings (SSSR count). The second kappa shape index (κ2) is 9.02. The molecule has 148 valence electrons. The number of aryl methyl sites for hydroxylation is 1. The van der Waals surface area contributed by atoms with Gasteiger partial charge < -0.3 is 4.18 Å². The minimum absolute atomic E-state index is 0.0475. The van der Waals surface area contributed by atoms with Crippen LogP contribution in [0, 0.1) is 6.92 Å². The number of halogens is 1. The number of hydrazone groups is 1. The van der Waals surface area contributed by atoms with E-state index in [0.717, 1.165) is 5.56 Å². The van der Waals surface area contributed by atoms with Crippen molar-refractivity contribution >= 4 is 38.2 Å². The number of nitrogens with zero attached hydrogens (tertiary/aromatic N) is 1. The molecule has 1 amide bonds. The second-order valence-electron chi connectivity index (χ2n) is 6.10. The number of rotatable bonds is 6. The van der Waals surface area contributed by atoms with E-state index in [4.69, 9.17) is 4.18 Å². The molecule has 0 spiro atoms. The van der Waals surface area contributed by atoms with Gasteiger partial charge in [0, 0.05) is 15.6 Å². The van der Waals surface area contributed by atoms with Crippen LogP contribution < -0.4 is 9.61 Å². The molecule has 0 aliphatic carbocycles. The van der Waals surface area contributed by atoms with E-state index < -0.39 is 10.1 Å². The fraction of sp³-hybridized carbons (Fsp3) is 0.0476. The van der Waals surface area contributed by atoms with Gasteiger partial charge in [0.1, 0.15) is 4.90 Å². The van der Waals surface area contributed by atoms with Crippen molar-refractivity contribution in [1.29, 1.82) is 0 Å². The maximum Gasteiger partial charge on any atom is 0.339 e. The van der Waals surface area contributed by atoms with E-state index >= 15 is 0 Å². The molecule has 0 saturated carbocycles. The molecule has 6 nitrogen and oxygen atoms in total. The van der Waals surface area contributed by atoms with Crippen LogP contribution in [0.15, 0.2) is 87.3 Å². The first-order valence-electron chi connectivity index (χ1n) is 8.54. The molecule has 3 aromatic carbocycles. The number of carbonyl (C=O) groups is 1. The Morgan fingerprint density at radius 3 is 2.41 bits per heavy atom. The molecule has 0 heterocycles. The average molecular weight is 473 g/mol. The monoisotopic (exact) mass is 472 g/mol. The van der Waals surface area contributed by atoms with Gasteiger partial charge in [-0.05, 0) is 49.4 Å². The molecule has 0 aromatic heterocycles. The van der Waals surface area contributed by atoms with Gasteiger partial charge in [0.15, 0.2) is 5.75 Å². The lowest BCUT2D eigenvalue weighted by atomic mass is 10.2. The molecule has 0 radical (unpaired) electrons. The quantitative estimate of drug-likeness (QED) is 0.329. The van der Waals surface area contributed by atoms with E-state index in [-0.39, 0.29) is 16.6 Å². The molecule has 8 heteroatoms. The molecule has 0 aliphatic heterocycles. The molecule has 0 fully saturated rings. The van der Waals surface area contributed by atoms with Crippen molar-refractivity contribution in [3.8, 4) is 5.75 Å². The number of amides is 1. The lowest BCUT2D eigenvalue weighted by molar-refractivity contribution is 0.0955. The van der Waals surface area contributed by atoms with Crippen LogP contribution in [0.5, 0.6) is 5.75 Å². The highest BCUT2D eigenvalue weighted by Crippen LogP contribution is 2.25. The molecule has 29 heavy (non-hydrogen) atoms. The summed E-state index contributed by atoms with van der Waals surface area (Å²) in [4.78, 5) is 12.1. The van der Waals surface area contributed by atoms with Crippen molar-refractivity contribution in [2.24, 2.45) is 5.10 Å². The fourth-order valence-electron chi connectivity index (χ4n) is 2.38. The van der Waals surface area contributed by atoms with E-state index in [1.165, 1.54) is 24.4 Å². The van der Waals surface area contributed by atoms with E-state index in [2.05, 4.69) is 26.5 Å². The SMILES string of the molecule is Cc1ccc(S(=O)(=O)Oc2ccc(Br)cc2/C=N\NC(=O)c2ccccc2)cc1. The molecule has 0 bridgehead atoms. The Morgan fingerprint density at radius 1 is 1.03 bits per heavy atom. The fourth-order valence-corrected chi connectivity index (χ4v) is 3.71. The summed E-state index contributed by atoms with van der Waals surface area (Å²) in [5, 5.41) is 3.91. The zero-order valence-electron chi connectivity index (χ0n) is 15.4. The zero-order chi connectivity index (χ0) is 20.9. The molecular weight excluding hydrogens is 456 g/mol. The third-order valence-electron chi connectivity index (χ3n) is 3.89. The second-order valence-corrected chi connectivity index (χ2v) is 8.56. The van der Waals surface area contributed by atoms with Crippen LogP contribution in [0.4, 0.5) is 0 Å². The Morgan fingerprint density at radius 2 is 1.72 bits per heavy atom. The predicted octanol–water partition coefficient (Wildman–Crippen LogP) is 4.29. The highest BCUT2D eigenvalue weighted by molar-refractivity contribution is 9.10. The lowest BCUT2D eigenvalue weighted by Crippen LogP contribution is -2.17. The third-order valence-corrected chi connectivity index (χ3v) is 5.63. The number of hydrogen-bond donors (Lipinski definition) is 1. The Kier molecular flexibility index (Phi) is 6.46. The van der Waals surface area contributed by atoms with Crippen LogP contribution in [0.1, 0.15) is 21.5 Å². The van der Waals surface area contributed by atoms with Crippen molar-refractivity contribution in [3.05, 3.63) is 94.0 Å². The number of nitrogens with one attached hydrogen (secondary N) is 1. The maximum absolute atomic E-state index is 12.6. The summed E-state index contributed by atoms with van der Waals surface area (Å²) in [6.07, 6.45) is 1.32. The highest BCUT2D eigenvalue weighted by atomic mass is 79.9. The van der Waals surface area contributed by atoms with Crippen LogP contribution in [0.3, 0.4) is 0 Å². The summed E-state index contributed by atoms with van der Waals surface area (Å²) in [6.45, 7) is 1.87. The molecule has 0 unspecified atom stereocenters. The van der Waals surface area contributed by atoms with Gasteiger partial charge in [0.05, 0.1) is 6.21 Å². The number of benzene rings is 3. The van der Waals surface area contributed by atoms with Crippen molar-refractivity contribution < 1.29 is 17.4 Å². The molecule has 0 aliphatic rings. The van der Waals surface area contributed by atoms with Gasteiger partial charge >= 0.3 is 10.1 Å². The summed E-state index contributed by atoms with van der Waals surface area (Å²) >= 11 is 3.33. The van der Waals surface area contributed by atoms with E-state index in [1.807, 2.05) is 6.92 Å². The van der Waals surface area contributed by atoms with E-state index in [0.29, 0.717) is 15.6 Å². The number of carbonyl (C=O) groups excluding carboxylic acids is 1. The average Bonchev–Trinajstić information content (AvgIpc) is 2.71. The third kappa shape index (κ3) is 5.52. The highest BCUT2D eigenvalue weighted by Gasteiger charge is 2.18. The zero-order valence-corrected chi connectivity index (χ0v) is 17.8. The Labute approximate surface area is 177 Å². The van der Waals surface area contributed by atoms with Gasteiger partial charge in [-0.2, -0.15) is 13.5 Å². The standard InChI is InChI=1S/C21H17BrN2O4S/c1-15-7-10-19(11-8-15)29(26,27)28-20-12-9-18(22)13-17(20)14-23-24-21(25)16-5-3-2-4-6-16/h2-14H,1H3,(H,24,25)/b23-14-. The van der Waals surface area contributed by atoms with Crippen LogP contribution in [-0.2, 0) is 10.1 Å². The Bertz CT molecular complexity index is 1150. The first-order chi connectivity index (χ1) is 13.8. The van der Waals surface area contributed by atoms with Gasteiger partial charge in [-0.15, -0.1) is 0 Å². The van der Waals surface area contributed by atoms with Crippen molar-refractivity contribution in [2.75, 3.05) is 0 Å². The van der Waals surface area contributed by atoms with Crippen LogP contribution >= 0.6 is 15.9 Å². The van der Waals surface area contributed by atoms with Gasteiger partial charge in [-0.25, -0.2) is 5.43 Å². The normalized spacial score (nSPS) is 11.4. The van der Waals surface area contributed by atoms with Gasteiger partial charge in [0.2, 0.25) is 0 Å². The molecular formula is C21H17BrN2O4S. The van der Waals surface area contributed by atoms with Crippen LogP contribution in [0.2, 0.25) is 0 Å². The summed E-state index contributed by atoms with van der Waals surface area (Å²) in [5.41, 5.74) is 4.18. The molecule has 0 saturated heterocycles. The summed E-state index contributed by atoms with van der Waals surface area (Å²) in [7, 11) is -4.01. The van der Waals surface area contributed by atoms with Crippen LogP contribution in [-0.4, -0.2) is 20.5 Å². The molecule has 1 N–H and O–H groups in total. The predicted molar refractivity (Wildman–Crippen MR) is 115 cm³/mol. The topological polar surface area (TPSA) is 84.8 Å². The Hall–Kier alpha value is -2.97. The van der Waals surface area contributed by atoms with Gasteiger partial charge in [0.25, 0.3) is 5.91 Å². The van der Waals surface area contributed by atoms with Gasteiger partial charge in [-0.1, -0.05) is 51.8 Å². The van der Waals surface area contributed by atoms with E-state index in [1.54, 1.807) is 54.6 Å².